The molecule has 1 aliphatic rings. The number of sulfonamides is 1. The number of benzene rings is 2. The molecule has 150 valence electrons. The van der Waals surface area contributed by atoms with Crippen molar-refractivity contribution in [1.82, 2.24) is 0 Å². The second kappa shape index (κ2) is 7.16. The smallest absolute Gasteiger partial charge is 0.264 e. The fourth-order valence-electron chi connectivity index (χ4n) is 2.83. The maximum atomic E-state index is 14.0. The number of anilines is 2. The minimum absolute atomic E-state index is 0.167. The van der Waals surface area contributed by atoms with Crippen LogP contribution in [0.5, 0.6) is 0 Å². The van der Waals surface area contributed by atoms with Gasteiger partial charge in [0.1, 0.15) is 29.0 Å². The Morgan fingerprint density at radius 2 is 1.86 bits per heavy atom. The normalized spacial score (nSPS) is 13.8. The summed E-state index contributed by atoms with van der Waals surface area (Å²) in [6.07, 6.45) is 1.49. The van der Waals surface area contributed by atoms with Crippen LogP contribution < -0.4 is 26.1 Å². The van der Waals surface area contributed by atoms with Crippen molar-refractivity contribution in [1.29, 1.82) is 0 Å². The molecule has 0 spiro atoms. The first-order chi connectivity index (χ1) is 13.8. The van der Waals surface area contributed by atoms with Crippen molar-refractivity contribution in [2.45, 2.75) is 4.90 Å². The van der Waals surface area contributed by atoms with Gasteiger partial charge in [-0.2, -0.15) is 0 Å². The number of nitrogens with two attached hydrogens (primary N) is 1. The molecule has 0 fully saturated rings. The number of hydrogen-bond donors (Lipinski definition) is 2. The van der Waals surface area contributed by atoms with Gasteiger partial charge in [-0.05, 0) is 58.4 Å². The predicted octanol–water partition coefficient (Wildman–Crippen LogP) is 2.24. The molecule has 2 heterocycles. The molecule has 2 aromatic carbocycles. The minimum Gasteiger partial charge on any atom is -0.446 e. The Balaban J connectivity index is 1.60. The van der Waals surface area contributed by atoms with E-state index in [1.807, 2.05) is 0 Å². The standard InChI is InChI=1S/C18H13BrF2N4O3S/c19-13-7-15(21)16(8-14(13)20)29(26,27)24-10-1-3-11(4-2-10)25-9-23-18-12(17(25)22)5-6-28-18/h1-8,24H,9,22H2. The molecule has 11 heteroatoms. The minimum atomic E-state index is -4.32. The molecule has 1 aliphatic heterocycles. The molecule has 0 aliphatic carbocycles. The SMILES string of the molecule is NC1=c2ccoc2=NCN1c1ccc(NS(=O)(=O)c2cc(F)c(Br)cc2F)cc1. The van der Waals surface area contributed by atoms with Gasteiger partial charge in [0.25, 0.3) is 10.0 Å². The Labute approximate surface area is 172 Å². The van der Waals surface area contributed by atoms with Crippen LogP contribution in [0.3, 0.4) is 0 Å². The number of rotatable bonds is 4. The molecule has 0 bridgehead atoms. The fraction of sp³-hybridized carbons (Fsp3) is 0.0556. The highest BCUT2D eigenvalue weighted by atomic mass is 79.9. The first-order valence-corrected chi connectivity index (χ1v) is 10.5. The maximum absolute atomic E-state index is 14.0. The van der Waals surface area contributed by atoms with Gasteiger partial charge < -0.3 is 15.1 Å². The molecule has 0 saturated heterocycles. The largest absolute Gasteiger partial charge is 0.446 e. The van der Waals surface area contributed by atoms with Crippen molar-refractivity contribution in [3.8, 4) is 0 Å². The summed E-state index contributed by atoms with van der Waals surface area (Å²) in [7, 11) is -4.32. The monoisotopic (exact) mass is 482 g/mol. The zero-order valence-corrected chi connectivity index (χ0v) is 17.0. The Hall–Kier alpha value is -2.92. The van der Waals surface area contributed by atoms with Gasteiger partial charge in [0.15, 0.2) is 0 Å². The molecule has 0 atom stereocenters. The molecule has 7 nitrogen and oxygen atoms in total. The van der Waals surface area contributed by atoms with Crippen LogP contribution in [0.25, 0.3) is 5.82 Å². The molecule has 3 N–H and O–H groups in total. The third-order valence-electron chi connectivity index (χ3n) is 4.26. The number of nitrogens with zero attached hydrogens (tertiary/aromatic N) is 2. The van der Waals surface area contributed by atoms with Crippen LogP contribution >= 0.6 is 15.9 Å². The summed E-state index contributed by atoms with van der Waals surface area (Å²) in [5.41, 5.74) is 7.45. The van der Waals surface area contributed by atoms with Crippen LogP contribution in [-0.2, 0) is 10.0 Å². The van der Waals surface area contributed by atoms with Crippen LogP contribution in [0.1, 0.15) is 0 Å². The van der Waals surface area contributed by atoms with E-state index in [0.717, 1.165) is 6.07 Å². The highest BCUT2D eigenvalue weighted by molar-refractivity contribution is 9.10. The van der Waals surface area contributed by atoms with E-state index in [1.54, 1.807) is 23.1 Å². The van der Waals surface area contributed by atoms with Crippen LogP contribution in [0.15, 0.2) is 67.5 Å². The maximum Gasteiger partial charge on any atom is 0.264 e. The Kier molecular flexibility index (Phi) is 4.79. The van der Waals surface area contributed by atoms with Crippen molar-refractivity contribution in [3.05, 3.63) is 75.6 Å². The summed E-state index contributed by atoms with van der Waals surface area (Å²) in [6.45, 7) is 0.237. The van der Waals surface area contributed by atoms with Crippen molar-refractivity contribution >= 4 is 43.1 Å². The summed E-state index contributed by atoms with van der Waals surface area (Å²) < 4.78 is 59.8. The predicted molar refractivity (Wildman–Crippen MR) is 106 cm³/mol. The summed E-state index contributed by atoms with van der Waals surface area (Å²) in [5, 5.41) is 0.661. The van der Waals surface area contributed by atoms with Crippen molar-refractivity contribution in [2.75, 3.05) is 16.3 Å². The van der Waals surface area contributed by atoms with E-state index >= 15 is 0 Å². The van der Waals surface area contributed by atoms with Gasteiger partial charge in [-0.25, -0.2) is 22.2 Å². The van der Waals surface area contributed by atoms with E-state index in [4.69, 9.17) is 10.2 Å². The van der Waals surface area contributed by atoms with E-state index < -0.39 is 26.6 Å². The molecule has 3 aromatic rings. The number of hydrogen-bond acceptors (Lipinski definition) is 6. The molecule has 0 saturated carbocycles. The van der Waals surface area contributed by atoms with Crippen LogP contribution in [0, 0.1) is 11.6 Å². The van der Waals surface area contributed by atoms with Crippen LogP contribution in [0.2, 0.25) is 0 Å². The van der Waals surface area contributed by atoms with Gasteiger partial charge in [0, 0.05) is 11.4 Å². The summed E-state index contributed by atoms with van der Waals surface area (Å²) in [6, 6.07) is 9.30. The number of halogens is 3. The highest BCUT2D eigenvalue weighted by Crippen LogP contribution is 2.26. The lowest BCUT2D eigenvalue weighted by Crippen LogP contribution is -2.42. The van der Waals surface area contributed by atoms with Gasteiger partial charge in [0.2, 0.25) is 5.55 Å². The second-order valence-electron chi connectivity index (χ2n) is 6.10. The molecule has 0 unspecified atom stereocenters. The van der Waals surface area contributed by atoms with E-state index in [0.29, 0.717) is 28.3 Å². The summed E-state index contributed by atoms with van der Waals surface area (Å²) in [4.78, 5) is 5.21. The average molecular weight is 483 g/mol. The van der Waals surface area contributed by atoms with Crippen molar-refractivity contribution < 1.29 is 21.6 Å². The average Bonchev–Trinajstić information content (AvgIpc) is 3.15. The molecule has 29 heavy (non-hydrogen) atoms. The zero-order chi connectivity index (χ0) is 20.8. The van der Waals surface area contributed by atoms with E-state index in [-0.39, 0.29) is 16.8 Å². The highest BCUT2D eigenvalue weighted by Gasteiger charge is 2.22. The van der Waals surface area contributed by atoms with Gasteiger partial charge in [0.05, 0.1) is 16.0 Å². The second-order valence-corrected chi connectivity index (χ2v) is 8.61. The molecule has 4 rings (SSSR count). The quantitative estimate of drug-likeness (QED) is 0.555. The lowest BCUT2D eigenvalue weighted by atomic mass is 10.2. The third-order valence-corrected chi connectivity index (χ3v) is 6.27. The van der Waals surface area contributed by atoms with Crippen LogP contribution in [-0.4, -0.2) is 15.1 Å². The number of fused-ring (bicyclic) bond motifs is 1. The van der Waals surface area contributed by atoms with Crippen LogP contribution in [0.4, 0.5) is 20.2 Å². The van der Waals surface area contributed by atoms with Gasteiger partial charge >= 0.3 is 0 Å². The van der Waals surface area contributed by atoms with E-state index in [9.17, 15) is 17.2 Å². The summed E-state index contributed by atoms with van der Waals surface area (Å²) in [5.74, 6) is -1.51. The Bertz CT molecular complexity index is 1320. The zero-order valence-electron chi connectivity index (χ0n) is 14.6. The molecule has 0 amide bonds. The lowest BCUT2D eigenvalue weighted by Gasteiger charge is -2.24. The lowest BCUT2D eigenvalue weighted by molar-refractivity contribution is 0.500. The third kappa shape index (κ3) is 3.58. The first-order valence-electron chi connectivity index (χ1n) is 8.19. The van der Waals surface area contributed by atoms with Gasteiger partial charge in [-0.1, -0.05) is 0 Å². The van der Waals surface area contributed by atoms with Gasteiger partial charge in [-0.15, -0.1) is 0 Å². The Morgan fingerprint density at radius 3 is 2.59 bits per heavy atom. The topological polar surface area (TPSA) is 101 Å². The Morgan fingerprint density at radius 1 is 1.14 bits per heavy atom. The molecular weight excluding hydrogens is 470 g/mol. The van der Waals surface area contributed by atoms with Crippen molar-refractivity contribution in [3.63, 3.8) is 0 Å². The first kappa shape index (κ1) is 19.4. The summed E-state index contributed by atoms with van der Waals surface area (Å²) >= 11 is 2.81. The number of nitrogens with one attached hydrogen (secondary N) is 1. The molecule has 1 aromatic heterocycles. The molecule has 0 radical (unpaired) electrons. The molecular formula is C18H13BrF2N4O3S. The number of furan rings is 1. The fourth-order valence-corrected chi connectivity index (χ4v) is 4.27. The van der Waals surface area contributed by atoms with E-state index in [2.05, 4.69) is 25.6 Å². The van der Waals surface area contributed by atoms with E-state index in [1.165, 1.54) is 18.4 Å². The van der Waals surface area contributed by atoms with Gasteiger partial charge in [-0.3, -0.25) is 4.72 Å². The van der Waals surface area contributed by atoms with Crippen molar-refractivity contribution in [2.24, 2.45) is 10.7 Å².